The van der Waals surface area contributed by atoms with Crippen LogP contribution in [-0.4, -0.2) is 64.2 Å². The van der Waals surface area contributed by atoms with Gasteiger partial charge in [-0.2, -0.15) is 0 Å². The zero-order chi connectivity index (χ0) is 22.2. The summed E-state index contributed by atoms with van der Waals surface area (Å²) >= 11 is 1.65. The van der Waals surface area contributed by atoms with Crippen LogP contribution in [0.5, 0.6) is 0 Å². The predicted octanol–water partition coefficient (Wildman–Crippen LogP) is 2.56. The van der Waals surface area contributed by atoms with E-state index in [1.807, 2.05) is 11.4 Å². The smallest absolute Gasteiger partial charge is 0.183 e. The number of halogens is 1. The summed E-state index contributed by atoms with van der Waals surface area (Å²) in [4.78, 5) is 3.52. The van der Waals surface area contributed by atoms with Crippen molar-refractivity contribution in [3.05, 3.63) is 52.0 Å². The van der Waals surface area contributed by atoms with Gasteiger partial charge in [0.15, 0.2) is 19.7 Å². The number of thiophene rings is 1. The number of hydrogen-bond acceptors (Lipinski definition) is 7. The number of aryl methyl sites for hydroxylation is 1. The Morgan fingerprint density at radius 1 is 1.23 bits per heavy atom. The molecule has 6 nitrogen and oxygen atoms in total. The quantitative estimate of drug-likeness (QED) is 0.606. The van der Waals surface area contributed by atoms with E-state index in [1.54, 1.807) is 11.3 Å². The summed E-state index contributed by atoms with van der Waals surface area (Å²) in [5, 5.41) is 4.21. The van der Waals surface area contributed by atoms with Gasteiger partial charge in [-0.05, 0) is 68.1 Å². The Morgan fingerprint density at radius 2 is 1.97 bits per heavy atom. The summed E-state index contributed by atoms with van der Waals surface area (Å²) in [6, 6.07) is 7.06. The van der Waals surface area contributed by atoms with Gasteiger partial charge in [-0.1, -0.05) is 6.07 Å². The third-order valence-corrected chi connectivity index (χ3v) is 11.3. The molecule has 0 spiro atoms. The minimum atomic E-state index is -3.94. The van der Waals surface area contributed by atoms with Crippen molar-refractivity contribution in [1.82, 2.24) is 10.2 Å². The number of likely N-dealkylation sites (tertiary alicyclic amines) is 1. The number of hydrogen-bond donors (Lipinski definition) is 1. The van der Waals surface area contributed by atoms with Crippen LogP contribution in [0, 0.1) is 12.7 Å². The number of benzene rings is 1. The minimum Gasteiger partial charge on any atom is -0.310 e. The molecule has 1 N–H and O–H groups in total. The van der Waals surface area contributed by atoms with Crippen LogP contribution in [0.1, 0.15) is 29.3 Å². The van der Waals surface area contributed by atoms with Gasteiger partial charge in [0.25, 0.3) is 0 Å². The molecule has 3 heterocycles. The van der Waals surface area contributed by atoms with E-state index in [2.05, 4.69) is 16.3 Å². The first kappa shape index (κ1) is 22.8. The Kier molecular flexibility index (Phi) is 6.56. The van der Waals surface area contributed by atoms with E-state index in [9.17, 15) is 21.2 Å². The van der Waals surface area contributed by atoms with Crippen LogP contribution in [0.15, 0.2) is 40.6 Å². The highest BCUT2D eigenvalue weighted by atomic mass is 32.2. The molecule has 170 valence electrons. The lowest BCUT2D eigenvalue weighted by atomic mass is 10.2. The second kappa shape index (κ2) is 8.90. The lowest BCUT2D eigenvalue weighted by Gasteiger charge is -2.29. The normalized spacial score (nSPS) is 25.1. The van der Waals surface area contributed by atoms with Crippen LogP contribution in [-0.2, 0) is 19.7 Å². The maximum atomic E-state index is 13.6. The summed E-state index contributed by atoms with van der Waals surface area (Å²) in [5.41, 5.74) is 0.221. The van der Waals surface area contributed by atoms with E-state index in [-0.39, 0.29) is 22.3 Å². The van der Waals surface area contributed by atoms with Crippen LogP contribution in [0.4, 0.5) is 4.39 Å². The average Bonchev–Trinajstić information content (AvgIpc) is 3.46. The second-order valence-electron chi connectivity index (χ2n) is 8.36. The molecule has 0 aliphatic carbocycles. The number of sulfone groups is 2. The third kappa shape index (κ3) is 4.88. The van der Waals surface area contributed by atoms with E-state index >= 15 is 0 Å². The molecule has 2 aliphatic heterocycles. The van der Waals surface area contributed by atoms with Crippen molar-refractivity contribution in [1.29, 1.82) is 0 Å². The van der Waals surface area contributed by atoms with E-state index in [4.69, 9.17) is 0 Å². The molecule has 1 aromatic carbocycles. The molecule has 31 heavy (non-hydrogen) atoms. The first-order valence-electron chi connectivity index (χ1n) is 10.4. The van der Waals surface area contributed by atoms with Gasteiger partial charge in [-0.25, -0.2) is 21.2 Å². The van der Waals surface area contributed by atoms with E-state index in [1.165, 1.54) is 23.9 Å². The molecule has 4 rings (SSSR count). The van der Waals surface area contributed by atoms with Crippen molar-refractivity contribution in [3.63, 3.8) is 0 Å². The Bertz CT molecular complexity index is 1130. The molecule has 10 heteroatoms. The lowest BCUT2D eigenvalue weighted by molar-refractivity contribution is 0.237. The molecule has 0 radical (unpaired) electrons. The van der Waals surface area contributed by atoms with Gasteiger partial charge in [0.2, 0.25) is 0 Å². The summed E-state index contributed by atoms with van der Waals surface area (Å²) < 4.78 is 65.0. The monoisotopic (exact) mass is 486 g/mol. The molecule has 0 saturated carbocycles. The molecular weight excluding hydrogens is 459 g/mol. The van der Waals surface area contributed by atoms with Crippen molar-refractivity contribution in [2.24, 2.45) is 0 Å². The molecule has 2 aliphatic rings. The molecule has 1 unspecified atom stereocenters. The average molecular weight is 487 g/mol. The predicted molar refractivity (Wildman–Crippen MR) is 120 cm³/mol. The Labute approximate surface area is 187 Å². The molecule has 0 bridgehead atoms. The fourth-order valence-electron chi connectivity index (χ4n) is 4.49. The SMILES string of the molecule is Cc1cc(S(=O)(=O)[C@H]2CS(=O)(=O)C[C@@H]2NCC(c2cccs2)N2CCCC2)ccc1F. The minimum absolute atomic E-state index is 0.0327. The molecule has 2 saturated heterocycles. The summed E-state index contributed by atoms with van der Waals surface area (Å²) in [7, 11) is -7.44. The first-order chi connectivity index (χ1) is 14.7. The number of nitrogens with one attached hydrogen (secondary N) is 1. The third-order valence-electron chi connectivity index (χ3n) is 6.18. The second-order valence-corrected chi connectivity index (χ2v) is 13.7. The highest BCUT2D eigenvalue weighted by Gasteiger charge is 2.46. The number of rotatable bonds is 7. The Hall–Kier alpha value is -1.33. The molecule has 2 fully saturated rings. The first-order valence-corrected chi connectivity index (χ1v) is 14.6. The molecule has 2 aromatic rings. The van der Waals surface area contributed by atoms with Gasteiger partial charge in [0.05, 0.1) is 27.7 Å². The standard InChI is InChI=1S/C21H27FN2O4S3/c1-15-11-16(6-7-17(15)22)31(27,28)21-14-30(25,26)13-18(21)23-12-19(20-5-4-10-29-20)24-8-2-3-9-24/h4-7,10-11,18-19,21,23H,2-3,8-9,12-14H2,1H3/t18-,19?,21-/m0/s1. The van der Waals surface area contributed by atoms with E-state index in [0.717, 1.165) is 32.0 Å². The van der Waals surface area contributed by atoms with Gasteiger partial charge >= 0.3 is 0 Å². The van der Waals surface area contributed by atoms with Crippen LogP contribution < -0.4 is 5.32 Å². The van der Waals surface area contributed by atoms with Crippen molar-refractivity contribution in [3.8, 4) is 0 Å². The zero-order valence-corrected chi connectivity index (χ0v) is 19.8. The van der Waals surface area contributed by atoms with Crippen molar-refractivity contribution in [2.75, 3.05) is 31.1 Å². The van der Waals surface area contributed by atoms with Crippen molar-refractivity contribution >= 4 is 31.0 Å². The summed E-state index contributed by atoms with van der Waals surface area (Å²) in [6.07, 6.45) is 2.25. The van der Waals surface area contributed by atoms with Crippen LogP contribution in [0.3, 0.4) is 0 Å². The fourth-order valence-corrected chi connectivity index (χ4v) is 10.1. The molecule has 1 aromatic heterocycles. The highest BCUT2D eigenvalue weighted by molar-refractivity contribution is 7.96. The Morgan fingerprint density at radius 3 is 2.61 bits per heavy atom. The van der Waals surface area contributed by atoms with Gasteiger partial charge < -0.3 is 5.32 Å². The molecule has 0 amide bonds. The van der Waals surface area contributed by atoms with Crippen molar-refractivity contribution in [2.45, 2.75) is 42.0 Å². The fraction of sp³-hybridized carbons (Fsp3) is 0.524. The molecular formula is C21H27FN2O4S3. The molecule has 3 atom stereocenters. The van der Waals surface area contributed by atoms with Gasteiger partial charge in [-0.3, -0.25) is 4.90 Å². The van der Waals surface area contributed by atoms with E-state index < -0.39 is 42.5 Å². The van der Waals surface area contributed by atoms with Crippen molar-refractivity contribution < 1.29 is 21.2 Å². The van der Waals surface area contributed by atoms with Gasteiger partial charge in [0, 0.05) is 17.5 Å². The van der Waals surface area contributed by atoms with E-state index in [0.29, 0.717) is 6.54 Å². The highest BCUT2D eigenvalue weighted by Crippen LogP contribution is 2.30. The summed E-state index contributed by atoms with van der Waals surface area (Å²) in [5.74, 6) is -1.12. The van der Waals surface area contributed by atoms with Crippen LogP contribution in [0.25, 0.3) is 0 Å². The largest absolute Gasteiger partial charge is 0.310 e. The van der Waals surface area contributed by atoms with Gasteiger partial charge in [0.1, 0.15) is 5.82 Å². The topological polar surface area (TPSA) is 83.5 Å². The van der Waals surface area contributed by atoms with Gasteiger partial charge in [-0.15, -0.1) is 11.3 Å². The maximum absolute atomic E-state index is 13.6. The zero-order valence-electron chi connectivity index (χ0n) is 17.3. The maximum Gasteiger partial charge on any atom is 0.183 e. The number of nitrogens with zero attached hydrogens (tertiary/aromatic N) is 1. The summed E-state index contributed by atoms with van der Waals surface area (Å²) in [6.45, 7) is 3.93. The van der Waals surface area contributed by atoms with Crippen LogP contribution >= 0.6 is 11.3 Å². The lowest BCUT2D eigenvalue weighted by Crippen LogP contribution is -2.46. The Balaban J connectivity index is 1.57. The van der Waals surface area contributed by atoms with Crippen LogP contribution in [0.2, 0.25) is 0 Å².